The van der Waals surface area contributed by atoms with E-state index < -0.39 is 24.0 Å². The molecule has 2 aliphatic rings. The molecule has 0 spiro atoms. The lowest BCUT2D eigenvalue weighted by atomic mass is 9.77. The summed E-state index contributed by atoms with van der Waals surface area (Å²) in [6.07, 6.45) is 1.78. The van der Waals surface area contributed by atoms with Crippen LogP contribution in [-0.4, -0.2) is 48.1 Å². The molecule has 4 atom stereocenters. The lowest BCUT2D eigenvalue weighted by Gasteiger charge is -2.47. The molecule has 0 aliphatic carbocycles. The van der Waals surface area contributed by atoms with Crippen molar-refractivity contribution in [1.82, 2.24) is 4.90 Å². The Morgan fingerprint density at radius 2 is 2.03 bits per heavy atom. The minimum Gasteiger partial charge on any atom is -0.489 e. The number of esters is 2. The van der Waals surface area contributed by atoms with Gasteiger partial charge in [-0.05, 0) is 37.5 Å². The second-order valence-corrected chi connectivity index (χ2v) is 8.27. The number of β-lactam (4-membered cyclic amide) rings is 1. The fraction of sp³-hybridized carbons (Fsp3) is 0.480. The third-order valence-electron chi connectivity index (χ3n) is 6.34. The standard InChI is InChI=1S/C25H31NO6/c1-7-12-30-25(29)23-19(13-31-20-11-9-10-18(8-2)14(20)3)15(4)22-21(24(28)26(22)23)16(5)32-17(6)27/h7,9-11,15-16,21-22H,1,8,12-13H2,2-6H3/t15?,16?,21?,22-/m1/s1. The van der Waals surface area contributed by atoms with E-state index in [4.69, 9.17) is 14.2 Å². The molecule has 172 valence electrons. The van der Waals surface area contributed by atoms with Gasteiger partial charge in [0.1, 0.15) is 30.8 Å². The number of ether oxygens (including phenoxy) is 3. The van der Waals surface area contributed by atoms with Gasteiger partial charge in [-0.25, -0.2) is 4.79 Å². The third kappa shape index (κ3) is 4.16. The van der Waals surface area contributed by atoms with Gasteiger partial charge < -0.3 is 19.1 Å². The Hall–Kier alpha value is -3.09. The second-order valence-electron chi connectivity index (χ2n) is 8.27. The van der Waals surface area contributed by atoms with Crippen molar-refractivity contribution in [2.24, 2.45) is 11.8 Å². The van der Waals surface area contributed by atoms with E-state index in [9.17, 15) is 14.4 Å². The molecule has 7 nitrogen and oxygen atoms in total. The first kappa shape index (κ1) is 23.6. The van der Waals surface area contributed by atoms with Crippen LogP contribution in [-0.2, 0) is 30.3 Å². The van der Waals surface area contributed by atoms with E-state index in [1.165, 1.54) is 23.5 Å². The van der Waals surface area contributed by atoms with Crippen molar-refractivity contribution in [2.75, 3.05) is 13.2 Å². The molecule has 0 radical (unpaired) electrons. The van der Waals surface area contributed by atoms with Crippen LogP contribution in [0.3, 0.4) is 0 Å². The molecule has 0 N–H and O–H groups in total. The Morgan fingerprint density at radius 1 is 1.31 bits per heavy atom. The van der Waals surface area contributed by atoms with Gasteiger partial charge >= 0.3 is 11.9 Å². The van der Waals surface area contributed by atoms with Crippen molar-refractivity contribution >= 4 is 17.8 Å². The van der Waals surface area contributed by atoms with Gasteiger partial charge in [0.15, 0.2) is 0 Å². The van der Waals surface area contributed by atoms with Crippen molar-refractivity contribution in [3.8, 4) is 5.75 Å². The van der Waals surface area contributed by atoms with E-state index in [0.717, 1.165) is 17.7 Å². The minimum absolute atomic E-state index is 0.0441. The second kappa shape index (κ2) is 9.59. The summed E-state index contributed by atoms with van der Waals surface area (Å²) >= 11 is 0. The van der Waals surface area contributed by atoms with E-state index in [0.29, 0.717) is 5.57 Å². The van der Waals surface area contributed by atoms with Gasteiger partial charge in [0.05, 0.1) is 12.0 Å². The van der Waals surface area contributed by atoms with E-state index in [2.05, 4.69) is 19.6 Å². The molecule has 1 aromatic rings. The van der Waals surface area contributed by atoms with Gasteiger partial charge in [-0.3, -0.25) is 9.59 Å². The van der Waals surface area contributed by atoms with E-state index in [1.54, 1.807) is 6.92 Å². The first-order valence-corrected chi connectivity index (χ1v) is 10.9. The first-order chi connectivity index (χ1) is 15.2. The molecule has 1 saturated heterocycles. The molecule has 3 unspecified atom stereocenters. The SMILES string of the molecule is C=CCOC(=O)C1=C(COc2cccc(CC)c2C)C(C)[C@@H]2C(C(C)OC(C)=O)C(=O)N12. The van der Waals surface area contributed by atoms with Gasteiger partial charge in [-0.1, -0.05) is 38.6 Å². The highest BCUT2D eigenvalue weighted by atomic mass is 16.5. The normalized spacial score (nSPS) is 22.7. The summed E-state index contributed by atoms with van der Waals surface area (Å²) in [7, 11) is 0. The van der Waals surface area contributed by atoms with Crippen molar-refractivity contribution < 1.29 is 28.6 Å². The fourth-order valence-corrected chi connectivity index (χ4v) is 4.70. The van der Waals surface area contributed by atoms with Crippen molar-refractivity contribution in [3.05, 3.63) is 53.3 Å². The Morgan fingerprint density at radius 3 is 2.66 bits per heavy atom. The van der Waals surface area contributed by atoms with Gasteiger partial charge in [-0.2, -0.15) is 0 Å². The molecule has 0 bridgehead atoms. The molecule has 0 aromatic heterocycles. The number of carbonyl (C=O) groups excluding carboxylic acids is 3. The highest BCUT2D eigenvalue weighted by Crippen LogP contribution is 2.48. The number of carbonyl (C=O) groups is 3. The maximum Gasteiger partial charge on any atom is 0.355 e. The van der Waals surface area contributed by atoms with E-state index >= 15 is 0 Å². The van der Waals surface area contributed by atoms with Crippen LogP contribution in [0.2, 0.25) is 0 Å². The van der Waals surface area contributed by atoms with Crippen molar-refractivity contribution in [1.29, 1.82) is 0 Å². The average Bonchev–Trinajstić information content (AvgIpc) is 2.99. The molecule has 7 heteroatoms. The first-order valence-electron chi connectivity index (χ1n) is 10.9. The predicted molar refractivity (Wildman–Crippen MR) is 119 cm³/mol. The number of rotatable bonds is 9. The van der Waals surface area contributed by atoms with Crippen LogP contribution in [0.25, 0.3) is 0 Å². The van der Waals surface area contributed by atoms with Crippen molar-refractivity contribution in [3.63, 3.8) is 0 Å². The van der Waals surface area contributed by atoms with Gasteiger partial charge in [-0.15, -0.1) is 0 Å². The van der Waals surface area contributed by atoms with Crippen LogP contribution in [0.15, 0.2) is 42.1 Å². The summed E-state index contributed by atoms with van der Waals surface area (Å²) in [5.74, 6) is -1.20. The molecule has 1 fully saturated rings. The molecule has 2 heterocycles. The zero-order valence-corrected chi connectivity index (χ0v) is 19.3. The molecular formula is C25H31NO6. The summed E-state index contributed by atoms with van der Waals surface area (Å²) < 4.78 is 16.7. The quantitative estimate of drug-likeness (QED) is 0.332. The zero-order valence-electron chi connectivity index (χ0n) is 19.3. The number of hydrogen-bond donors (Lipinski definition) is 0. The monoisotopic (exact) mass is 441 g/mol. The van der Waals surface area contributed by atoms with E-state index in [1.807, 2.05) is 26.0 Å². The highest BCUT2D eigenvalue weighted by molar-refractivity contribution is 6.01. The Kier molecular flexibility index (Phi) is 7.06. The largest absolute Gasteiger partial charge is 0.489 e. The number of amides is 1. The molecule has 3 rings (SSSR count). The average molecular weight is 442 g/mol. The fourth-order valence-electron chi connectivity index (χ4n) is 4.70. The van der Waals surface area contributed by atoms with Crippen LogP contribution in [0.5, 0.6) is 5.75 Å². The summed E-state index contributed by atoms with van der Waals surface area (Å²) in [6.45, 7) is 12.8. The van der Waals surface area contributed by atoms with Gasteiger partial charge in [0, 0.05) is 18.4 Å². The Bertz CT molecular complexity index is 965. The molecule has 32 heavy (non-hydrogen) atoms. The smallest absolute Gasteiger partial charge is 0.355 e. The molecule has 2 aliphatic heterocycles. The number of nitrogens with zero attached hydrogens (tertiary/aromatic N) is 1. The molecule has 0 saturated carbocycles. The highest BCUT2D eigenvalue weighted by Gasteiger charge is 2.61. The van der Waals surface area contributed by atoms with E-state index in [-0.39, 0.29) is 36.8 Å². The molecule has 1 aromatic carbocycles. The number of aryl methyl sites for hydroxylation is 1. The molecular weight excluding hydrogens is 410 g/mol. The maximum absolute atomic E-state index is 13.0. The zero-order chi connectivity index (χ0) is 23.6. The van der Waals surface area contributed by atoms with Gasteiger partial charge in [0.2, 0.25) is 5.91 Å². The number of hydrogen-bond acceptors (Lipinski definition) is 6. The minimum atomic E-state index is -0.585. The summed E-state index contributed by atoms with van der Waals surface area (Å²) in [5, 5.41) is 0. The summed E-state index contributed by atoms with van der Waals surface area (Å²) in [6, 6.07) is 5.62. The lowest BCUT2D eigenvalue weighted by molar-refractivity contribution is -0.171. The number of benzene rings is 1. The topological polar surface area (TPSA) is 82.1 Å². The van der Waals surface area contributed by atoms with Crippen LogP contribution in [0.4, 0.5) is 0 Å². The Balaban J connectivity index is 1.90. The molecule has 1 amide bonds. The predicted octanol–water partition coefficient (Wildman–Crippen LogP) is 3.35. The van der Waals surface area contributed by atoms with Crippen LogP contribution >= 0.6 is 0 Å². The van der Waals surface area contributed by atoms with Crippen LogP contribution < -0.4 is 4.74 Å². The Labute approximate surface area is 189 Å². The van der Waals surface area contributed by atoms with Crippen molar-refractivity contribution in [2.45, 2.75) is 53.2 Å². The van der Waals surface area contributed by atoms with Crippen LogP contribution in [0, 0.1) is 18.8 Å². The number of fused-ring (bicyclic) bond motifs is 1. The summed E-state index contributed by atoms with van der Waals surface area (Å²) in [4.78, 5) is 38.8. The summed E-state index contributed by atoms with van der Waals surface area (Å²) in [5.41, 5.74) is 3.18. The van der Waals surface area contributed by atoms with Gasteiger partial charge in [0.25, 0.3) is 0 Å². The lowest BCUT2D eigenvalue weighted by Crippen LogP contribution is -2.64. The maximum atomic E-state index is 13.0. The van der Waals surface area contributed by atoms with Crippen LogP contribution in [0.1, 0.15) is 38.8 Å². The third-order valence-corrected chi connectivity index (χ3v) is 6.34.